The molecule has 4 heteroatoms. The van der Waals surface area contributed by atoms with Crippen LogP contribution in [-0.4, -0.2) is 46.6 Å². The van der Waals surface area contributed by atoms with E-state index in [1.54, 1.807) is 0 Å². The maximum Gasteiger partial charge on any atom is 0.0803 e. The standard InChI is InChI=1S/C18H32N2O2/c21-17-7-2-1-4-15(17)20-12-14(11-17)13-5-6-16-18(22,10-13)8-3-9-19-16/h13-16,19-22H,1-12H2/t13?,14?,15-,16+,17+,18+/m0/s1. The predicted molar refractivity (Wildman–Crippen MR) is 86.6 cm³/mol. The van der Waals surface area contributed by atoms with Gasteiger partial charge in [-0.25, -0.2) is 0 Å². The second kappa shape index (κ2) is 5.73. The van der Waals surface area contributed by atoms with Gasteiger partial charge in [-0.1, -0.05) is 12.8 Å². The molecule has 2 heterocycles. The summed E-state index contributed by atoms with van der Waals surface area (Å²) in [4.78, 5) is 0. The van der Waals surface area contributed by atoms with Gasteiger partial charge in [-0.15, -0.1) is 0 Å². The Morgan fingerprint density at radius 2 is 1.45 bits per heavy atom. The number of fused-ring (bicyclic) bond motifs is 2. The molecule has 0 aromatic carbocycles. The highest BCUT2D eigenvalue weighted by atomic mass is 16.3. The fraction of sp³-hybridized carbons (Fsp3) is 1.00. The largest absolute Gasteiger partial charge is 0.388 e. The Morgan fingerprint density at radius 1 is 0.727 bits per heavy atom. The van der Waals surface area contributed by atoms with Crippen LogP contribution in [0.2, 0.25) is 0 Å². The van der Waals surface area contributed by atoms with Gasteiger partial charge in [0, 0.05) is 12.1 Å². The summed E-state index contributed by atoms with van der Waals surface area (Å²) in [5.74, 6) is 1.10. The molecular formula is C18H32N2O2. The van der Waals surface area contributed by atoms with Crippen LogP contribution in [0, 0.1) is 11.8 Å². The first kappa shape index (κ1) is 15.4. The second-order valence-electron chi connectivity index (χ2n) is 8.53. The van der Waals surface area contributed by atoms with Crippen molar-refractivity contribution in [3.8, 4) is 0 Å². The zero-order valence-electron chi connectivity index (χ0n) is 13.7. The minimum atomic E-state index is -0.493. The van der Waals surface area contributed by atoms with Crippen molar-refractivity contribution in [1.82, 2.24) is 10.6 Å². The van der Waals surface area contributed by atoms with Crippen molar-refractivity contribution in [3.63, 3.8) is 0 Å². The van der Waals surface area contributed by atoms with E-state index in [1.165, 1.54) is 19.3 Å². The van der Waals surface area contributed by atoms with E-state index in [4.69, 9.17) is 0 Å². The highest BCUT2D eigenvalue weighted by molar-refractivity contribution is 5.05. The Kier molecular flexibility index (Phi) is 4.00. The van der Waals surface area contributed by atoms with Gasteiger partial charge in [-0.05, 0) is 76.3 Å². The van der Waals surface area contributed by atoms with Gasteiger partial charge >= 0.3 is 0 Å². The SMILES string of the molecule is O[C@@]12CCCC[C@@H]1NCC(C1CC[C@H]3NCCC[C@@]3(O)C1)C2. The number of aliphatic hydroxyl groups is 2. The normalized spacial score (nSPS) is 52.6. The summed E-state index contributed by atoms with van der Waals surface area (Å²) in [6.45, 7) is 2.09. The molecular weight excluding hydrogens is 276 g/mol. The predicted octanol–water partition coefficient (Wildman–Crippen LogP) is 1.55. The average Bonchev–Trinajstić information content (AvgIpc) is 2.52. The molecule has 4 aliphatic rings. The Balaban J connectivity index is 1.44. The van der Waals surface area contributed by atoms with Crippen molar-refractivity contribution in [2.75, 3.05) is 13.1 Å². The molecule has 2 unspecified atom stereocenters. The summed E-state index contributed by atoms with van der Waals surface area (Å²) in [6, 6.07) is 0.618. The summed E-state index contributed by atoms with van der Waals surface area (Å²) in [7, 11) is 0. The molecule has 2 aliphatic heterocycles. The quantitative estimate of drug-likeness (QED) is 0.593. The van der Waals surface area contributed by atoms with Crippen molar-refractivity contribution in [3.05, 3.63) is 0 Å². The summed E-state index contributed by atoms with van der Waals surface area (Å²) in [6.07, 6.45) is 10.7. The molecule has 0 bridgehead atoms. The number of hydrogen-bond donors (Lipinski definition) is 4. The molecule has 2 aliphatic carbocycles. The molecule has 0 radical (unpaired) electrons. The molecule has 22 heavy (non-hydrogen) atoms. The van der Waals surface area contributed by atoms with Crippen LogP contribution in [0.5, 0.6) is 0 Å². The first-order valence-electron chi connectivity index (χ1n) is 9.51. The van der Waals surface area contributed by atoms with Gasteiger partial charge in [0.1, 0.15) is 0 Å². The fourth-order valence-corrected chi connectivity index (χ4v) is 5.90. The van der Waals surface area contributed by atoms with Crippen LogP contribution in [0.15, 0.2) is 0 Å². The summed E-state index contributed by atoms with van der Waals surface area (Å²) in [5, 5.41) is 29.3. The lowest BCUT2D eigenvalue weighted by Gasteiger charge is -2.52. The fourth-order valence-electron chi connectivity index (χ4n) is 5.90. The van der Waals surface area contributed by atoms with Crippen LogP contribution < -0.4 is 10.6 Å². The topological polar surface area (TPSA) is 64.5 Å². The van der Waals surface area contributed by atoms with Crippen LogP contribution in [0.4, 0.5) is 0 Å². The smallest absolute Gasteiger partial charge is 0.0803 e. The third-order valence-corrected chi connectivity index (χ3v) is 7.18. The van der Waals surface area contributed by atoms with E-state index in [0.717, 1.165) is 58.0 Å². The van der Waals surface area contributed by atoms with E-state index < -0.39 is 11.2 Å². The van der Waals surface area contributed by atoms with E-state index in [0.29, 0.717) is 23.9 Å². The lowest BCUT2D eigenvalue weighted by Crippen LogP contribution is -2.62. The van der Waals surface area contributed by atoms with Gasteiger partial charge in [0.25, 0.3) is 0 Å². The highest BCUT2D eigenvalue weighted by Crippen LogP contribution is 2.45. The molecule has 4 rings (SSSR count). The van der Waals surface area contributed by atoms with Gasteiger partial charge in [0.05, 0.1) is 11.2 Å². The third-order valence-electron chi connectivity index (χ3n) is 7.18. The first-order valence-corrected chi connectivity index (χ1v) is 9.51. The maximum atomic E-state index is 11.1. The van der Waals surface area contributed by atoms with E-state index in [-0.39, 0.29) is 0 Å². The number of rotatable bonds is 1. The number of hydrogen-bond acceptors (Lipinski definition) is 4. The van der Waals surface area contributed by atoms with Crippen LogP contribution >= 0.6 is 0 Å². The minimum Gasteiger partial charge on any atom is -0.388 e. The number of nitrogens with one attached hydrogen (secondary N) is 2. The zero-order chi connectivity index (χ0) is 15.2. The monoisotopic (exact) mass is 308 g/mol. The summed E-state index contributed by atoms with van der Waals surface area (Å²) >= 11 is 0. The Morgan fingerprint density at radius 3 is 2.32 bits per heavy atom. The summed E-state index contributed by atoms with van der Waals surface area (Å²) < 4.78 is 0. The van der Waals surface area contributed by atoms with Crippen molar-refractivity contribution in [2.24, 2.45) is 11.8 Å². The van der Waals surface area contributed by atoms with E-state index in [1.807, 2.05) is 0 Å². The second-order valence-corrected chi connectivity index (χ2v) is 8.53. The Bertz CT molecular complexity index is 380. The average molecular weight is 308 g/mol. The number of piperidine rings is 2. The molecule has 0 aromatic rings. The van der Waals surface area contributed by atoms with E-state index >= 15 is 0 Å². The van der Waals surface area contributed by atoms with Crippen molar-refractivity contribution < 1.29 is 10.2 Å². The molecule has 0 spiro atoms. The van der Waals surface area contributed by atoms with Crippen molar-refractivity contribution >= 4 is 0 Å². The van der Waals surface area contributed by atoms with Gasteiger partial charge in [0.2, 0.25) is 0 Å². The molecule has 4 N–H and O–H groups in total. The van der Waals surface area contributed by atoms with E-state index in [9.17, 15) is 10.2 Å². The van der Waals surface area contributed by atoms with Crippen LogP contribution in [-0.2, 0) is 0 Å². The molecule has 126 valence electrons. The Hall–Kier alpha value is -0.160. The third kappa shape index (κ3) is 2.62. The molecule has 4 nitrogen and oxygen atoms in total. The minimum absolute atomic E-state index is 0.305. The maximum absolute atomic E-state index is 11.1. The molecule has 0 aromatic heterocycles. The molecule has 4 fully saturated rings. The molecule has 6 atom stereocenters. The molecule has 2 saturated heterocycles. The van der Waals surface area contributed by atoms with E-state index in [2.05, 4.69) is 10.6 Å². The van der Waals surface area contributed by atoms with Crippen molar-refractivity contribution in [1.29, 1.82) is 0 Å². The lowest BCUT2D eigenvalue weighted by atomic mass is 9.63. The molecule has 0 amide bonds. The highest BCUT2D eigenvalue weighted by Gasteiger charge is 2.49. The first-order chi connectivity index (χ1) is 10.6. The van der Waals surface area contributed by atoms with Gasteiger partial charge < -0.3 is 20.8 Å². The van der Waals surface area contributed by atoms with Crippen LogP contribution in [0.25, 0.3) is 0 Å². The van der Waals surface area contributed by atoms with Crippen LogP contribution in [0.1, 0.15) is 64.2 Å². The lowest BCUT2D eigenvalue weighted by molar-refractivity contribution is -0.104. The summed E-state index contributed by atoms with van der Waals surface area (Å²) in [5.41, 5.74) is -0.974. The van der Waals surface area contributed by atoms with Gasteiger partial charge in [0.15, 0.2) is 0 Å². The van der Waals surface area contributed by atoms with Gasteiger partial charge in [-0.2, -0.15) is 0 Å². The zero-order valence-corrected chi connectivity index (χ0v) is 13.7. The van der Waals surface area contributed by atoms with Crippen LogP contribution in [0.3, 0.4) is 0 Å². The Labute approximate surface area is 134 Å². The van der Waals surface area contributed by atoms with Gasteiger partial charge in [-0.3, -0.25) is 0 Å². The molecule has 2 saturated carbocycles. The van der Waals surface area contributed by atoms with Crippen molar-refractivity contribution in [2.45, 2.75) is 87.5 Å².